The molecule has 3 heterocycles. The van der Waals surface area contributed by atoms with Crippen molar-refractivity contribution in [1.29, 1.82) is 0 Å². The van der Waals surface area contributed by atoms with E-state index in [1.54, 1.807) is 6.07 Å². The van der Waals surface area contributed by atoms with Gasteiger partial charge in [0, 0.05) is 43.3 Å². The Bertz CT molecular complexity index is 1010. The van der Waals surface area contributed by atoms with Gasteiger partial charge in [0.05, 0.1) is 18.1 Å². The van der Waals surface area contributed by atoms with Crippen LogP contribution in [0.1, 0.15) is 55.9 Å². The molecule has 0 bridgehead atoms. The van der Waals surface area contributed by atoms with Crippen molar-refractivity contribution in [2.75, 3.05) is 13.2 Å². The first kappa shape index (κ1) is 21.4. The molecule has 0 unspecified atom stereocenters. The quantitative estimate of drug-likeness (QED) is 0.732. The van der Waals surface area contributed by atoms with E-state index in [1.807, 2.05) is 54.0 Å². The largest absolute Gasteiger partial charge is 0.396 e. The minimum atomic E-state index is -0.383. The van der Waals surface area contributed by atoms with Crippen LogP contribution in [0, 0.1) is 17.8 Å². The van der Waals surface area contributed by atoms with Crippen LogP contribution in [0.4, 0.5) is 0 Å². The number of benzene rings is 1. The van der Waals surface area contributed by atoms with Crippen LogP contribution in [0.5, 0.6) is 0 Å². The van der Waals surface area contributed by atoms with E-state index in [0.717, 1.165) is 17.8 Å². The van der Waals surface area contributed by atoms with Crippen molar-refractivity contribution in [2.24, 2.45) is 17.8 Å². The van der Waals surface area contributed by atoms with Gasteiger partial charge in [0.2, 0.25) is 5.91 Å². The summed E-state index contributed by atoms with van der Waals surface area (Å²) in [5.41, 5.74) is 2.07. The number of carbonyl (C=O) groups is 1. The number of rotatable bonds is 6. The summed E-state index contributed by atoms with van der Waals surface area (Å²) in [6.07, 6.45) is 4.87. The number of hydrogen-bond acceptors (Lipinski definition) is 4. The highest BCUT2D eigenvalue weighted by atomic mass is 16.3. The first-order chi connectivity index (χ1) is 15.6. The summed E-state index contributed by atoms with van der Waals surface area (Å²) < 4.78 is 1.85. The van der Waals surface area contributed by atoms with Crippen LogP contribution < -0.4 is 10.9 Å². The predicted octanol–water partition coefficient (Wildman–Crippen LogP) is 2.88. The van der Waals surface area contributed by atoms with Crippen molar-refractivity contribution in [3.8, 4) is 0 Å². The molecule has 32 heavy (non-hydrogen) atoms. The summed E-state index contributed by atoms with van der Waals surface area (Å²) in [5.74, 6) is 0.431. The summed E-state index contributed by atoms with van der Waals surface area (Å²) in [6.45, 7) is 3.37. The van der Waals surface area contributed by atoms with Crippen molar-refractivity contribution in [2.45, 2.75) is 57.3 Å². The lowest BCUT2D eigenvalue weighted by Crippen LogP contribution is -2.49. The fraction of sp³-hybridized carbons (Fsp3) is 0.538. The molecule has 2 N–H and O–H groups in total. The molecule has 0 spiro atoms. The van der Waals surface area contributed by atoms with E-state index in [9.17, 15) is 14.7 Å². The topological polar surface area (TPSA) is 74.6 Å². The summed E-state index contributed by atoms with van der Waals surface area (Å²) >= 11 is 0. The molecule has 3 aliphatic rings. The summed E-state index contributed by atoms with van der Waals surface area (Å²) in [4.78, 5) is 28.5. The second kappa shape index (κ2) is 8.83. The second-order valence-corrected chi connectivity index (χ2v) is 9.79. The van der Waals surface area contributed by atoms with Crippen molar-refractivity contribution in [3.63, 3.8) is 0 Å². The van der Waals surface area contributed by atoms with E-state index in [1.165, 1.54) is 25.7 Å². The van der Waals surface area contributed by atoms with Crippen molar-refractivity contribution < 1.29 is 9.90 Å². The SMILES string of the molecule is C[C@@H](NC(=O)[C@@H]1[C@@H](CO)[C@@H]2Cn3c(cccc3=O)[C@@H]2N1CC1CCCC1)c1ccccc1. The molecular formula is C26H33N3O3. The van der Waals surface area contributed by atoms with Crippen LogP contribution in [-0.2, 0) is 11.3 Å². The van der Waals surface area contributed by atoms with Gasteiger partial charge in [-0.25, -0.2) is 0 Å². The Morgan fingerprint density at radius 2 is 1.88 bits per heavy atom. The highest BCUT2D eigenvalue weighted by Crippen LogP contribution is 2.50. The lowest BCUT2D eigenvalue weighted by molar-refractivity contribution is -0.128. The molecule has 5 atom stereocenters. The Kier molecular flexibility index (Phi) is 5.91. The monoisotopic (exact) mass is 435 g/mol. The third-order valence-corrected chi connectivity index (χ3v) is 7.94. The number of aliphatic hydroxyl groups excluding tert-OH is 1. The molecule has 1 amide bonds. The van der Waals surface area contributed by atoms with Crippen molar-refractivity contribution in [1.82, 2.24) is 14.8 Å². The van der Waals surface area contributed by atoms with Gasteiger partial charge in [-0.15, -0.1) is 0 Å². The van der Waals surface area contributed by atoms with Crippen LogP contribution in [0.25, 0.3) is 0 Å². The molecule has 6 heteroatoms. The van der Waals surface area contributed by atoms with Gasteiger partial charge in [0.1, 0.15) is 0 Å². The molecule has 170 valence electrons. The van der Waals surface area contributed by atoms with Gasteiger partial charge in [-0.3, -0.25) is 14.5 Å². The number of aromatic nitrogens is 1. The zero-order chi connectivity index (χ0) is 22.2. The molecule has 1 saturated carbocycles. The van der Waals surface area contributed by atoms with Gasteiger partial charge >= 0.3 is 0 Å². The molecule has 1 aliphatic carbocycles. The first-order valence-electron chi connectivity index (χ1n) is 12.0. The molecule has 6 nitrogen and oxygen atoms in total. The van der Waals surface area contributed by atoms with E-state index >= 15 is 0 Å². The lowest BCUT2D eigenvalue weighted by atomic mass is 9.88. The third kappa shape index (κ3) is 3.69. The van der Waals surface area contributed by atoms with E-state index in [2.05, 4.69) is 10.2 Å². The van der Waals surface area contributed by atoms with E-state index in [0.29, 0.717) is 12.5 Å². The number of fused-ring (bicyclic) bond motifs is 3. The number of likely N-dealkylation sites (tertiary alicyclic amines) is 1. The third-order valence-electron chi connectivity index (χ3n) is 7.94. The minimum Gasteiger partial charge on any atom is -0.396 e. The Balaban J connectivity index is 1.47. The van der Waals surface area contributed by atoms with Crippen molar-refractivity contribution in [3.05, 3.63) is 70.1 Å². The fourth-order valence-corrected chi connectivity index (χ4v) is 6.38. The number of nitrogens with zero attached hydrogens (tertiary/aromatic N) is 2. The number of nitrogens with one attached hydrogen (secondary N) is 1. The summed E-state index contributed by atoms with van der Waals surface area (Å²) in [7, 11) is 0. The fourth-order valence-electron chi connectivity index (χ4n) is 6.38. The molecule has 2 fully saturated rings. The molecule has 2 aromatic rings. The number of amides is 1. The van der Waals surface area contributed by atoms with Gasteiger partial charge in [-0.2, -0.15) is 0 Å². The average Bonchev–Trinajstić information content (AvgIpc) is 3.51. The Hall–Kier alpha value is -2.44. The highest BCUT2D eigenvalue weighted by Gasteiger charge is 2.55. The second-order valence-electron chi connectivity index (χ2n) is 9.79. The molecule has 5 rings (SSSR count). The number of pyridine rings is 1. The number of carbonyl (C=O) groups excluding carboxylic acids is 1. The lowest BCUT2D eigenvalue weighted by Gasteiger charge is -2.33. The standard InChI is InChI=1S/C26H33N3O3/c1-17(19-10-3-2-4-11-19)27-26(32)25-21(16-30)20-15-28-22(12-7-13-23(28)31)24(20)29(25)14-18-8-5-6-9-18/h2-4,7,10-13,17-18,20-21,24-25,30H,5-6,8-9,14-16H2,1H3,(H,27,32)/t17-,20+,21+,24-,25+/m1/s1. The van der Waals surface area contributed by atoms with Gasteiger partial charge in [0.15, 0.2) is 0 Å². The van der Waals surface area contributed by atoms with Crippen LogP contribution in [0.3, 0.4) is 0 Å². The maximum absolute atomic E-state index is 13.7. The van der Waals surface area contributed by atoms with Crippen LogP contribution >= 0.6 is 0 Å². The van der Waals surface area contributed by atoms with E-state index in [4.69, 9.17) is 0 Å². The molecule has 1 saturated heterocycles. The van der Waals surface area contributed by atoms with Crippen LogP contribution in [-0.4, -0.2) is 39.7 Å². The van der Waals surface area contributed by atoms with Crippen LogP contribution in [0.2, 0.25) is 0 Å². The number of hydrogen-bond donors (Lipinski definition) is 2. The normalized spacial score (nSPS) is 28.4. The molecule has 1 aromatic heterocycles. The molecule has 0 radical (unpaired) electrons. The summed E-state index contributed by atoms with van der Waals surface area (Å²) in [6, 6.07) is 14.9. The smallest absolute Gasteiger partial charge is 0.250 e. The van der Waals surface area contributed by atoms with Gasteiger partial charge < -0.3 is 15.0 Å². The van der Waals surface area contributed by atoms with E-state index < -0.39 is 0 Å². The predicted molar refractivity (Wildman–Crippen MR) is 123 cm³/mol. The maximum atomic E-state index is 13.7. The van der Waals surface area contributed by atoms with Gasteiger partial charge in [-0.1, -0.05) is 49.2 Å². The van der Waals surface area contributed by atoms with E-state index in [-0.39, 0.29) is 48.0 Å². The summed E-state index contributed by atoms with van der Waals surface area (Å²) in [5, 5.41) is 13.6. The highest BCUT2D eigenvalue weighted by molar-refractivity contribution is 5.83. The Labute approximate surface area is 189 Å². The van der Waals surface area contributed by atoms with Crippen LogP contribution in [0.15, 0.2) is 53.3 Å². The first-order valence-corrected chi connectivity index (χ1v) is 12.0. The zero-order valence-corrected chi connectivity index (χ0v) is 18.7. The molecule has 2 aliphatic heterocycles. The van der Waals surface area contributed by atoms with Gasteiger partial charge in [0.25, 0.3) is 5.56 Å². The molecular weight excluding hydrogens is 402 g/mol. The van der Waals surface area contributed by atoms with Gasteiger partial charge in [-0.05, 0) is 37.3 Å². The maximum Gasteiger partial charge on any atom is 0.250 e. The zero-order valence-electron chi connectivity index (χ0n) is 18.7. The average molecular weight is 436 g/mol. The Morgan fingerprint density at radius 3 is 2.59 bits per heavy atom. The minimum absolute atomic E-state index is 0.00410. The molecule has 1 aromatic carbocycles. The Morgan fingerprint density at radius 1 is 1.12 bits per heavy atom. The van der Waals surface area contributed by atoms with Crippen molar-refractivity contribution >= 4 is 5.91 Å². The number of aliphatic hydroxyl groups is 1.